The molecule has 2 N–H and O–H groups in total. The first-order valence-corrected chi connectivity index (χ1v) is 7.13. The van der Waals surface area contributed by atoms with Crippen LogP contribution in [0.15, 0.2) is 18.6 Å². The maximum absolute atomic E-state index is 12.0. The second-order valence-electron chi connectivity index (χ2n) is 5.53. The Morgan fingerprint density at radius 3 is 2.86 bits per heavy atom. The lowest BCUT2D eigenvalue weighted by Gasteiger charge is -2.09. The second kappa shape index (κ2) is 5.25. The van der Waals surface area contributed by atoms with Crippen LogP contribution in [-0.4, -0.2) is 37.8 Å². The average Bonchev–Trinajstić information content (AvgIpc) is 3.12. The van der Waals surface area contributed by atoms with Crippen molar-refractivity contribution < 1.29 is 4.79 Å². The van der Waals surface area contributed by atoms with Gasteiger partial charge in [-0.05, 0) is 24.5 Å². The molecule has 0 unspecified atom stereocenters. The number of pyridine rings is 1. The van der Waals surface area contributed by atoms with E-state index >= 15 is 0 Å². The molecular weight excluding hydrogens is 280 g/mol. The molecule has 3 aromatic rings. The van der Waals surface area contributed by atoms with Gasteiger partial charge < -0.3 is 5.32 Å². The van der Waals surface area contributed by atoms with Crippen LogP contribution in [0.4, 0.5) is 0 Å². The monoisotopic (exact) mass is 298 g/mol. The zero-order chi connectivity index (χ0) is 15.9. The summed E-state index contributed by atoms with van der Waals surface area (Å²) in [7, 11) is 1.61. The van der Waals surface area contributed by atoms with Gasteiger partial charge >= 0.3 is 0 Å². The average molecular weight is 298 g/mol. The Labute approximate surface area is 127 Å². The van der Waals surface area contributed by atoms with E-state index in [1.165, 1.54) is 6.33 Å². The molecule has 114 valence electrons. The lowest BCUT2D eigenvalue weighted by Crippen LogP contribution is -2.20. The summed E-state index contributed by atoms with van der Waals surface area (Å²) in [6, 6.07) is 2.01. The van der Waals surface area contributed by atoms with Crippen LogP contribution in [0, 0.1) is 6.92 Å². The van der Waals surface area contributed by atoms with E-state index in [0.717, 1.165) is 28.0 Å². The highest BCUT2D eigenvalue weighted by Crippen LogP contribution is 2.30. The van der Waals surface area contributed by atoms with Gasteiger partial charge in [0.05, 0.1) is 5.69 Å². The van der Waals surface area contributed by atoms with Crippen LogP contribution in [0.25, 0.3) is 16.9 Å². The minimum absolute atomic E-state index is 0.160. The Bertz CT molecular complexity index is 845. The SMILES string of the molecule is CNC(=O)c1[nH]nc(-c2cc(C)c3ncnn3c2)c1C(C)C. The van der Waals surface area contributed by atoms with E-state index in [4.69, 9.17) is 0 Å². The molecule has 7 heteroatoms. The standard InChI is InChI=1S/C15H18N6O/c1-8(2)11-12(19-20-13(11)15(22)16-4)10-5-9(3)14-17-7-18-21(14)6-10/h5-8H,1-4H3,(H,16,22)(H,19,20). The topological polar surface area (TPSA) is 88.0 Å². The molecule has 3 aromatic heterocycles. The molecule has 0 bridgehead atoms. The number of hydrogen-bond donors (Lipinski definition) is 2. The predicted octanol–water partition coefficient (Wildman–Crippen LogP) is 1.91. The van der Waals surface area contributed by atoms with E-state index in [-0.39, 0.29) is 11.8 Å². The summed E-state index contributed by atoms with van der Waals surface area (Å²) < 4.78 is 1.73. The molecule has 22 heavy (non-hydrogen) atoms. The first kappa shape index (κ1) is 14.2. The van der Waals surface area contributed by atoms with Gasteiger partial charge in [0.25, 0.3) is 5.91 Å². The molecule has 0 radical (unpaired) electrons. The molecule has 0 aliphatic carbocycles. The lowest BCUT2D eigenvalue weighted by molar-refractivity contribution is 0.0957. The molecule has 0 atom stereocenters. The highest BCUT2D eigenvalue weighted by atomic mass is 16.1. The number of nitrogens with zero attached hydrogens (tertiary/aromatic N) is 4. The fourth-order valence-corrected chi connectivity index (χ4v) is 2.65. The van der Waals surface area contributed by atoms with Gasteiger partial charge in [-0.25, -0.2) is 9.50 Å². The number of aromatic nitrogens is 5. The van der Waals surface area contributed by atoms with Crippen LogP contribution in [0.3, 0.4) is 0 Å². The molecule has 0 saturated heterocycles. The van der Waals surface area contributed by atoms with E-state index < -0.39 is 0 Å². The quantitative estimate of drug-likeness (QED) is 0.773. The molecule has 3 rings (SSSR count). The third kappa shape index (κ3) is 2.14. The molecule has 0 aromatic carbocycles. The first-order chi connectivity index (χ1) is 10.5. The number of hydrogen-bond acceptors (Lipinski definition) is 4. The van der Waals surface area contributed by atoms with Crippen LogP contribution < -0.4 is 5.32 Å². The van der Waals surface area contributed by atoms with Gasteiger partial charge in [-0.15, -0.1) is 0 Å². The van der Waals surface area contributed by atoms with Crippen molar-refractivity contribution in [3.8, 4) is 11.3 Å². The molecule has 0 spiro atoms. The van der Waals surface area contributed by atoms with Crippen LogP contribution in [0.2, 0.25) is 0 Å². The largest absolute Gasteiger partial charge is 0.354 e. The van der Waals surface area contributed by atoms with Crippen LogP contribution in [0.1, 0.15) is 41.4 Å². The van der Waals surface area contributed by atoms with Crippen LogP contribution in [0.5, 0.6) is 0 Å². The minimum Gasteiger partial charge on any atom is -0.354 e. The zero-order valence-corrected chi connectivity index (χ0v) is 13.0. The van der Waals surface area contributed by atoms with Gasteiger partial charge in [0.15, 0.2) is 5.65 Å². The maximum atomic E-state index is 12.0. The molecule has 0 saturated carbocycles. The Morgan fingerprint density at radius 1 is 1.41 bits per heavy atom. The zero-order valence-electron chi connectivity index (χ0n) is 13.0. The fraction of sp³-hybridized carbons (Fsp3) is 0.333. The fourth-order valence-electron chi connectivity index (χ4n) is 2.65. The van der Waals surface area contributed by atoms with Crippen LogP contribution in [-0.2, 0) is 0 Å². The summed E-state index contributed by atoms with van der Waals surface area (Å²) in [4.78, 5) is 16.2. The number of fused-ring (bicyclic) bond motifs is 1. The van der Waals surface area contributed by atoms with Crippen molar-refractivity contribution >= 4 is 11.6 Å². The highest BCUT2D eigenvalue weighted by molar-refractivity contribution is 5.95. The molecule has 7 nitrogen and oxygen atoms in total. The van der Waals surface area contributed by atoms with Crippen molar-refractivity contribution in [2.24, 2.45) is 0 Å². The van der Waals surface area contributed by atoms with Crippen molar-refractivity contribution in [1.82, 2.24) is 30.1 Å². The van der Waals surface area contributed by atoms with Crippen molar-refractivity contribution in [1.29, 1.82) is 0 Å². The van der Waals surface area contributed by atoms with E-state index in [9.17, 15) is 4.79 Å². The molecule has 0 fully saturated rings. The van der Waals surface area contributed by atoms with Crippen molar-refractivity contribution in [3.63, 3.8) is 0 Å². The number of carbonyl (C=O) groups is 1. The predicted molar refractivity (Wildman–Crippen MR) is 82.8 cm³/mol. The normalized spacial score (nSPS) is 11.3. The lowest BCUT2D eigenvalue weighted by atomic mass is 9.96. The molecule has 3 heterocycles. The summed E-state index contributed by atoms with van der Waals surface area (Å²) in [6.07, 6.45) is 3.40. The third-order valence-corrected chi connectivity index (χ3v) is 3.67. The number of carbonyl (C=O) groups excluding carboxylic acids is 1. The van der Waals surface area contributed by atoms with Gasteiger partial charge in [0.1, 0.15) is 12.0 Å². The highest BCUT2D eigenvalue weighted by Gasteiger charge is 2.22. The third-order valence-electron chi connectivity index (χ3n) is 3.67. The summed E-state index contributed by atoms with van der Waals surface area (Å²) in [6.45, 7) is 6.07. The number of aromatic amines is 1. The van der Waals surface area contributed by atoms with Gasteiger partial charge in [-0.2, -0.15) is 10.2 Å². The minimum atomic E-state index is -0.166. The summed E-state index contributed by atoms with van der Waals surface area (Å²) in [5.41, 5.74) is 4.91. The summed E-state index contributed by atoms with van der Waals surface area (Å²) in [5, 5.41) is 14.0. The van der Waals surface area contributed by atoms with Crippen molar-refractivity contribution in [2.75, 3.05) is 7.05 Å². The van der Waals surface area contributed by atoms with Gasteiger partial charge in [-0.3, -0.25) is 9.89 Å². The van der Waals surface area contributed by atoms with Crippen molar-refractivity contribution in [2.45, 2.75) is 26.7 Å². The number of amides is 1. The summed E-state index contributed by atoms with van der Waals surface area (Å²) >= 11 is 0. The summed E-state index contributed by atoms with van der Waals surface area (Å²) in [5.74, 6) is -0.00574. The van der Waals surface area contributed by atoms with Gasteiger partial charge in [0.2, 0.25) is 0 Å². The number of aryl methyl sites for hydroxylation is 1. The van der Waals surface area contributed by atoms with Gasteiger partial charge in [-0.1, -0.05) is 13.8 Å². The number of rotatable bonds is 3. The van der Waals surface area contributed by atoms with Gasteiger partial charge in [0, 0.05) is 24.4 Å². The number of nitrogens with one attached hydrogen (secondary N) is 2. The van der Waals surface area contributed by atoms with E-state index in [0.29, 0.717) is 5.69 Å². The Balaban J connectivity index is 2.21. The molecule has 0 aliphatic heterocycles. The smallest absolute Gasteiger partial charge is 0.269 e. The Kier molecular flexibility index (Phi) is 3.40. The molecule has 1 amide bonds. The van der Waals surface area contributed by atoms with E-state index in [1.54, 1.807) is 11.6 Å². The van der Waals surface area contributed by atoms with Crippen LogP contribution >= 0.6 is 0 Å². The number of H-pyrrole nitrogens is 1. The van der Waals surface area contributed by atoms with E-state index in [2.05, 4.69) is 25.6 Å². The van der Waals surface area contributed by atoms with E-state index in [1.807, 2.05) is 33.0 Å². The first-order valence-electron chi connectivity index (χ1n) is 7.13. The molecule has 0 aliphatic rings. The maximum Gasteiger partial charge on any atom is 0.269 e. The second-order valence-corrected chi connectivity index (χ2v) is 5.53. The Hall–Kier alpha value is -2.70. The van der Waals surface area contributed by atoms with Crippen molar-refractivity contribution in [3.05, 3.63) is 35.4 Å². The molecular formula is C15H18N6O. The Morgan fingerprint density at radius 2 is 2.18 bits per heavy atom.